The molecule has 1 saturated heterocycles. The molecule has 36 heavy (non-hydrogen) atoms. The second-order valence-corrected chi connectivity index (χ2v) is 9.61. The maximum absolute atomic E-state index is 11.9. The van der Waals surface area contributed by atoms with E-state index in [-0.39, 0.29) is 11.5 Å². The molecule has 2 bridgehead atoms. The molecule has 1 aliphatic heterocycles. The van der Waals surface area contributed by atoms with Crippen molar-refractivity contribution < 1.29 is 23.8 Å². The molecule has 2 aliphatic rings. The Bertz CT molecular complexity index is 1070. The van der Waals surface area contributed by atoms with E-state index in [1.54, 1.807) is 7.11 Å². The number of carbonyl (C=O) groups is 2. The fourth-order valence-corrected chi connectivity index (χ4v) is 5.93. The van der Waals surface area contributed by atoms with Gasteiger partial charge in [-0.15, -0.1) is 0 Å². The fraction of sp³-hybridized carbons (Fsp3) is 0.448. The molecule has 7 heteroatoms. The van der Waals surface area contributed by atoms with Gasteiger partial charge in [-0.3, -0.25) is 4.79 Å². The van der Waals surface area contributed by atoms with Crippen LogP contribution in [0.5, 0.6) is 5.75 Å². The molecular weight excluding hydrogens is 456 g/mol. The highest BCUT2D eigenvalue weighted by Crippen LogP contribution is 2.51. The summed E-state index contributed by atoms with van der Waals surface area (Å²) in [6, 6.07) is 16.3. The number of carbonyl (C=O) groups excluding carboxylic acids is 2. The van der Waals surface area contributed by atoms with E-state index in [0.29, 0.717) is 17.5 Å². The number of fused-ring (bicyclic) bond motifs is 2. The zero-order valence-corrected chi connectivity index (χ0v) is 21.4. The molecule has 2 aromatic carbocycles. The molecule has 1 saturated carbocycles. The third kappa shape index (κ3) is 5.63. The number of piperidine rings is 1. The van der Waals surface area contributed by atoms with Gasteiger partial charge in [-0.2, -0.15) is 0 Å². The van der Waals surface area contributed by atoms with Crippen LogP contribution < -0.4 is 10.1 Å². The molecule has 1 N–H and O–H groups in total. The van der Waals surface area contributed by atoms with E-state index in [9.17, 15) is 9.59 Å². The minimum Gasteiger partial charge on any atom is -0.497 e. The largest absolute Gasteiger partial charge is 0.497 e. The summed E-state index contributed by atoms with van der Waals surface area (Å²) in [6.45, 7) is 3.02. The number of nitrogens with zero attached hydrogens (tertiary/aromatic N) is 1. The summed E-state index contributed by atoms with van der Waals surface area (Å²) >= 11 is 0. The lowest BCUT2D eigenvalue weighted by atomic mass is 9.62. The zero-order valence-electron chi connectivity index (χ0n) is 21.4. The minimum absolute atomic E-state index is 0.258. The first-order chi connectivity index (χ1) is 17.5. The number of hydrogen-bond donors (Lipinski definition) is 1. The van der Waals surface area contributed by atoms with Gasteiger partial charge in [0.2, 0.25) is 5.91 Å². The lowest BCUT2D eigenvalue weighted by Crippen LogP contribution is -2.59. The van der Waals surface area contributed by atoms with Crippen LogP contribution in [-0.4, -0.2) is 57.7 Å². The highest BCUT2D eigenvalue weighted by molar-refractivity contribution is 6.02. The molecule has 0 spiro atoms. The van der Waals surface area contributed by atoms with Crippen LogP contribution in [0.2, 0.25) is 0 Å². The summed E-state index contributed by atoms with van der Waals surface area (Å²) in [6.07, 6.45) is 6.78. The molecule has 1 amide bonds. The molecule has 1 aliphatic carbocycles. The van der Waals surface area contributed by atoms with Gasteiger partial charge in [0.15, 0.2) is 0 Å². The molecule has 2 aromatic rings. The molecule has 7 nitrogen and oxygen atoms in total. The number of ether oxygens (including phenoxy) is 3. The van der Waals surface area contributed by atoms with Crippen LogP contribution in [0.25, 0.3) is 0 Å². The molecule has 2 fully saturated rings. The van der Waals surface area contributed by atoms with Crippen LogP contribution in [0.3, 0.4) is 0 Å². The van der Waals surface area contributed by atoms with E-state index < -0.39 is 5.97 Å². The average Bonchev–Trinajstić information content (AvgIpc) is 2.90. The van der Waals surface area contributed by atoms with Crippen molar-refractivity contribution in [2.75, 3.05) is 46.3 Å². The lowest BCUT2D eigenvalue weighted by Gasteiger charge is -2.55. The number of nitrogens with one attached hydrogen (secondary N) is 1. The summed E-state index contributed by atoms with van der Waals surface area (Å²) < 4.78 is 16.4. The maximum atomic E-state index is 11.9. The highest BCUT2D eigenvalue weighted by Gasteiger charge is 2.53. The SMILES string of the molecule is COC(=O)/C=C/C(=O)Nc1ccc(CCN2C[C@H]3CCC[C@@H](C2)C3(OC)c2cccc(OC)c2)cc1. The Morgan fingerprint density at radius 3 is 2.39 bits per heavy atom. The monoisotopic (exact) mass is 492 g/mol. The molecule has 1 unspecified atom stereocenters. The minimum atomic E-state index is -0.561. The summed E-state index contributed by atoms with van der Waals surface area (Å²) in [5, 5.41) is 2.75. The Morgan fingerprint density at radius 2 is 1.75 bits per heavy atom. The van der Waals surface area contributed by atoms with Crippen molar-refractivity contribution in [1.29, 1.82) is 0 Å². The van der Waals surface area contributed by atoms with Crippen molar-refractivity contribution in [2.45, 2.75) is 31.3 Å². The third-order valence-electron chi connectivity index (χ3n) is 7.64. The van der Waals surface area contributed by atoms with Crippen LogP contribution in [0.1, 0.15) is 30.4 Å². The predicted molar refractivity (Wildman–Crippen MR) is 139 cm³/mol. The smallest absolute Gasteiger partial charge is 0.330 e. The highest BCUT2D eigenvalue weighted by atomic mass is 16.5. The van der Waals surface area contributed by atoms with Crippen LogP contribution in [0, 0.1) is 11.8 Å². The number of likely N-dealkylation sites (tertiary alicyclic amines) is 1. The van der Waals surface area contributed by atoms with Gasteiger partial charge in [0.25, 0.3) is 0 Å². The van der Waals surface area contributed by atoms with Crippen molar-refractivity contribution in [3.8, 4) is 5.75 Å². The van der Waals surface area contributed by atoms with Gasteiger partial charge in [0.1, 0.15) is 11.4 Å². The Kier molecular flexibility index (Phi) is 8.44. The van der Waals surface area contributed by atoms with E-state index in [0.717, 1.165) is 50.7 Å². The van der Waals surface area contributed by atoms with E-state index in [4.69, 9.17) is 9.47 Å². The molecule has 0 radical (unpaired) electrons. The van der Waals surface area contributed by atoms with Gasteiger partial charge in [-0.25, -0.2) is 4.79 Å². The first kappa shape index (κ1) is 25.9. The average molecular weight is 493 g/mol. The second kappa shape index (κ2) is 11.7. The van der Waals surface area contributed by atoms with E-state index >= 15 is 0 Å². The first-order valence-corrected chi connectivity index (χ1v) is 12.6. The van der Waals surface area contributed by atoms with E-state index in [1.165, 1.54) is 30.7 Å². The molecule has 192 valence electrons. The number of methoxy groups -OCH3 is 3. The summed E-state index contributed by atoms with van der Waals surface area (Å²) in [4.78, 5) is 25.6. The van der Waals surface area contributed by atoms with Crippen LogP contribution in [-0.2, 0) is 31.1 Å². The van der Waals surface area contributed by atoms with Crippen LogP contribution in [0.4, 0.5) is 5.69 Å². The van der Waals surface area contributed by atoms with Gasteiger partial charge in [-0.05, 0) is 54.7 Å². The van der Waals surface area contributed by atoms with Gasteiger partial charge in [0.05, 0.1) is 14.2 Å². The quantitative estimate of drug-likeness (QED) is 0.418. The van der Waals surface area contributed by atoms with E-state index in [2.05, 4.69) is 33.2 Å². The summed E-state index contributed by atoms with van der Waals surface area (Å²) in [7, 11) is 4.85. The fourth-order valence-electron chi connectivity index (χ4n) is 5.93. The predicted octanol–water partition coefficient (Wildman–Crippen LogP) is 4.18. The topological polar surface area (TPSA) is 77.1 Å². The van der Waals surface area contributed by atoms with Crippen LogP contribution >= 0.6 is 0 Å². The maximum Gasteiger partial charge on any atom is 0.330 e. The van der Waals surface area contributed by atoms with Gasteiger partial charge >= 0.3 is 5.97 Å². The molecule has 1 heterocycles. The number of anilines is 1. The van der Waals surface area contributed by atoms with Crippen LogP contribution in [0.15, 0.2) is 60.7 Å². The Hall–Kier alpha value is -3.16. The number of benzene rings is 2. The molecular formula is C29H36N2O5. The molecule has 3 atom stereocenters. The van der Waals surface area contributed by atoms with Crippen molar-refractivity contribution in [2.24, 2.45) is 11.8 Å². The van der Waals surface area contributed by atoms with Crippen molar-refractivity contribution in [3.05, 3.63) is 71.8 Å². The number of esters is 1. The Labute approximate surface area is 213 Å². The van der Waals surface area contributed by atoms with E-state index in [1.807, 2.05) is 37.4 Å². The number of amides is 1. The first-order valence-electron chi connectivity index (χ1n) is 12.6. The van der Waals surface area contributed by atoms with Gasteiger partial charge in [0, 0.05) is 56.4 Å². The van der Waals surface area contributed by atoms with Crippen molar-refractivity contribution in [3.63, 3.8) is 0 Å². The summed E-state index contributed by atoms with van der Waals surface area (Å²) in [5.41, 5.74) is 2.89. The number of hydrogen-bond acceptors (Lipinski definition) is 6. The van der Waals surface area contributed by atoms with Gasteiger partial charge < -0.3 is 24.4 Å². The van der Waals surface area contributed by atoms with Crippen molar-refractivity contribution >= 4 is 17.6 Å². The van der Waals surface area contributed by atoms with Gasteiger partial charge in [-0.1, -0.05) is 30.7 Å². The zero-order chi connectivity index (χ0) is 25.5. The number of rotatable bonds is 9. The normalized spacial score (nSPS) is 23.9. The lowest BCUT2D eigenvalue weighted by molar-refractivity contribution is -0.168. The molecule has 0 aromatic heterocycles. The third-order valence-corrected chi connectivity index (χ3v) is 7.64. The second-order valence-electron chi connectivity index (χ2n) is 9.61. The Morgan fingerprint density at radius 1 is 1.03 bits per heavy atom. The standard InChI is InChI=1S/C29H36N2O5/c1-34-26-9-5-6-22(18-26)29(36-3)23-7-4-8-24(29)20-31(19-23)17-16-21-10-12-25(13-11-21)30-27(32)14-15-28(33)35-2/h5-6,9-15,18,23-24H,4,7-8,16-17,19-20H2,1-3H3,(H,30,32)/b15-14+/t23-,24+,29?. The molecule has 4 rings (SSSR count). The summed E-state index contributed by atoms with van der Waals surface area (Å²) in [5.74, 6) is 0.832. The van der Waals surface area contributed by atoms with Crippen molar-refractivity contribution in [1.82, 2.24) is 4.90 Å². The Balaban J connectivity index is 1.37.